The van der Waals surface area contributed by atoms with E-state index in [4.69, 9.17) is 10.5 Å². The zero-order valence-corrected chi connectivity index (χ0v) is 13.9. The normalized spacial score (nSPS) is 16.6. The number of hydrogen-bond donors (Lipinski definition) is 2. The molecule has 0 aliphatic carbocycles. The van der Waals surface area contributed by atoms with Crippen LogP contribution in [0.4, 0.5) is 4.39 Å². The van der Waals surface area contributed by atoms with Crippen LogP contribution in [0.5, 0.6) is 5.75 Å². The van der Waals surface area contributed by atoms with Crippen LogP contribution in [0.3, 0.4) is 0 Å². The van der Waals surface area contributed by atoms with Crippen molar-refractivity contribution in [3.8, 4) is 11.8 Å². The molecule has 0 saturated heterocycles. The van der Waals surface area contributed by atoms with Crippen LogP contribution in [-0.4, -0.2) is 4.98 Å². The molecule has 3 N–H and O–H groups in total. The fourth-order valence-corrected chi connectivity index (χ4v) is 3.72. The number of H-pyrrole nitrogens is 1. The number of nitrogens with one attached hydrogen (secondary N) is 1. The highest BCUT2D eigenvalue weighted by atomic mass is 79.9. The molecule has 0 fully saturated rings. The minimum absolute atomic E-state index is 0.0578. The summed E-state index contributed by atoms with van der Waals surface area (Å²) < 4.78 is 19.8. The Bertz CT molecular complexity index is 1050. The van der Waals surface area contributed by atoms with Gasteiger partial charge in [-0.1, -0.05) is 28.1 Å². The molecule has 1 aliphatic rings. The van der Waals surface area contributed by atoms with E-state index < -0.39 is 5.92 Å². The van der Waals surface area contributed by atoms with Gasteiger partial charge in [0.2, 0.25) is 5.88 Å². The number of benzene rings is 2. The molecule has 1 atom stereocenters. The molecule has 2 aromatic carbocycles. The number of rotatable bonds is 1. The SMILES string of the molecule is N#CC1=C(N)Oc2cccc3[nH]cc(c23)C1c1ccc(F)cc1Br. The van der Waals surface area contributed by atoms with Crippen molar-refractivity contribution in [1.29, 1.82) is 5.26 Å². The number of aromatic amines is 1. The maximum Gasteiger partial charge on any atom is 0.205 e. The molecular weight excluding hydrogens is 373 g/mol. The molecule has 0 amide bonds. The van der Waals surface area contributed by atoms with Gasteiger partial charge in [-0.2, -0.15) is 5.26 Å². The first kappa shape index (κ1) is 14.8. The van der Waals surface area contributed by atoms with E-state index >= 15 is 0 Å². The Morgan fingerprint density at radius 3 is 2.83 bits per heavy atom. The van der Waals surface area contributed by atoms with Gasteiger partial charge in [0.15, 0.2) is 0 Å². The Morgan fingerprint density at radius 2 is 2.08 bits per heavy atom. The number of nitriles is 1. The number of nitrogens with zero attached hydrogens (tertiary/aromatic N) is 1. The van der Waals surface area contributed by atoms with Crippen molar-refractivity contribution in [2.24, 2.45) is 5.73 Å². The highest BCUT2D eigenvalue weighted by molar-refractivity contribution is 9.10. The van der Waals surface area contributed by atoms with Crippen LogP contribution in [0.25, 0.3) is 10.9 Å². The van der Waals surface area contributed by atoms with Crippen LogP contribution in [0, 0.1) is 17.1 Å². The van der Waals surface area contributed by atoms with Gasteiger partial charge in [-0.25, -0.2) is 4.39 Å². The molecule has 0 radical (unpaired) electrons. The predicted octanol–water partition coefficient (Wildman–Crippen LogP) is 4.29. The molecule has 0 spiro atoms. The zero-order valence-electron chi connectivity index (χ0n) is 12.3. The number of aromatic nitrogens is 1. The molecule has 6 heteroatoms. The van der Waals surface area contributed by atoms with Crippen LogP contribution < -0.4 is 10.5 Å². The maximum atomic E-state index is 13.5. The number of ether oxygens (including phenoxy) is 1. The number of halogens is 2. The van der Waals surface area contributed by atoms with Gasteiger partial charge in [-0.3, -0.25) is 0 Å². The molecule has 3 aromatic rings. The minimum Gasteiger partial charge on any atom is -0.440 e. The molecule has 1 aromatic heterocycles. The Balaban J connectivity index is 2.08. The lowest BCUT2D eigenvalue weighted by atomic mass is 9.85. The molecule has 0 bridgehead atoms. The van der Waals surface area contributed by atoms with Gasteiger partial charge in [0.25, 0.3) is 0 Å². The highest BCUT2D eigenvalue weighted by Gasteiger charge is 2.31. The van der Waals surface area contributed by atoms with E-state index in [-0.39, 0.29) is 11.7 Å². The second-order valence-electron chi connectivity index (χ2n) is 5.51. The molecule has 118 valence electrons. The van der Waals surface area contributed by atoms with Gasteiger partial charge in [0.05, 0.1) is 5.92 Å². The van der Waals surface area contributed by atoms with Gasteiger partial charge in [0, 0.05) is 21.6 Å². The fraction of sp³-hybridized carbons (Fsp3) is 0.0556. The summed E-state index contributed by atoms with van der Waals surface area (Å²) in [7, 11) is 0. The van der Waals surface area contributed by atoms with Crippen molar-refractivity contribution in [3.63, 3.8) is 0 Å². The zero-order chi connectivity index (χ0) is 16.8. The van der Waals surface area contributed by atoms with Crippen molar-refractivity contribution in [2.45, 2.75) is 5.92 Å². The second-order valence-corrected chi connectivity index (χ2v) is 6.37. The van der Waals surface area contributed by atoms with Gasteiger partial charge in [0.1, 0.15) is 23.2 Å². The maximum absolute atomic E-state index is 13.5. The van der Waals surface area contributed by atoms with Crippen molar-refractivity contribution in [1.82, 2.24) is 4.98 Å². The van der Waals surface area contributed by atoms with E-state index in [0.717, 1.165) is 22.0 Å². The van der Waals surface area contributed by atoms with E-state index in [1.807, 2.05) is 24.4 Å². The summed E-state index contributed by atoms with van der Waals surface area (Å²) in [6.45, 7) is 0. The molecule has 4 nitrogen and oxygen atoms in total. The van der Waals surface area contributed by atoms with E-state index in [1.54, 1.807) is 6.07 Å². The fourth-order valence-electron chi connectivity index (χ4n) is 3.14. The predicted molar refractivity (Wildman–Crippen MR) is 91.7 cm³/mol. The first-order chi connectivity index (χ1) is 11.6. The summed E-state index contributed by atoms with van der Waals surface area (Å²) in [5.41, 5.74) is 8.84. The van der Waals surface area contributed by atoms with Crippen molar-refractivity contribution >= 4 is 26.8 Å². The molecule has 1 aliphatic heterocycles. The van der Waals surface area contributed by atoms with Crippen molar-refractivity contribution in [3.05, 3.63) is 75.5 Å². The first-order valence-corrected chi connectivity index (χ1v) is 8.02. The van der Waals surface area contributed by atoms with E-state index in [1.165, 1.54) is 12.1 Å². The molecule has 4 rings (SSSR count). The quantitative estimate of drug-likeness (QED) is 0.658. The average molecular weight is 384 g/mol. The average Bonchev–Trinajstić information content (AvgIpc) is 2.93. The summed E-state index contributed by atoms with van der Waals surface area (Å²) in [6.07, 6.45) is 1.84. The highest BCUT2D eigenvalue weighted by Crippen LogP contribution is 2.44. The third-order valence-corrected chi connectivity index (χ3v) is 4.86. The van der Waals surface area contributed by atoms with Crippen molar-refractivity contribution in [2.75, 3.05) is 0 Å². The van der Waals surface area contributed by atoms with Gasteiger partial charge >= 0.3 is 0 Å². The van der Waals surface area contributed by atoms with Gasteiger partial charge in [-0.15, -0.1) is 0 Å². The molecular formula is C18H11BrFN3O. The van der Waals surface area contributed by atoms with Crippen LogP contribution in [-0.2, 0) is 0 Å². The second kappa shape index (κ2) is 5.39. The van der Waals surface area contributed by atoms with E-state index in [9.17, 15) is 9.65 Å². The largest absolute Gasteiger partial charge is 0.440 e. The number of allylic oxidation sites excluding steroid dienone is 1. The van der Waals surface area contributed by atoms with E-state index in [2.05, 4.69) is 27.0 Å². The van der Waals surface area contributed by atoms with Gasteiger partial charge in [-0.05, 0) is 35.4 Å². The summed E-state index contributed by atoms with van der Waals surface area (Å²) in [5, 5.41) is 10.5. The third kappa shape index (κ3) is 2.09. The summed E-state index contributed by atoms with van der Waals surface area (Å²) in [6, 6.07) is 12.1. The monoisotopic (exact) mass is 383 g/mol. The lowest BCUT2D eigenvalue weighted by Gasteiger charge is -2.17. The van der Waals surface area contributed by atoms with Crippen LogP contribution in [0.1, 0.15) is 17.0 Å². The van der Waals surface area contributed by atoms with Gasteiger partial charge < -0.3 is 15.5 Å². The van der Waals surface area contributed by atoms with Crippen LogP contribution in [0.15, 0.2) is 58.5 Å². The molecule has 0 saturated carbocycles. The summed E-state index contributed by atoms with van der Waals surface area (Å²) >= 11 is 3.40. The first-order valence-electron chi connectivity index (χ1n) is 7.22. The van der Waals surface area contributed by atoms with E-state index in [0.29, 0.717) is 15.8 Å². The lowest BCUT2D eigenvalue weighted by Crippen LogP contribution is -2.13. The topological polar surface area (TPSA) is 74.8 Å². The molecule has 2 heterocycles. The van der Waals surface area contributed by atoms with Crippen LogP contribution in [0.2, 0.25) is 0 Å². The number of hydrogen-bond acceptors (Lipinski definition) is 3. The van der Waals surface area contributed by atoms with Crippen LogP contribution >= 0.6 is 15.9 Å². The molecule has 1 unspecified atom stereocenters. The molecule has 24 heavy (non-hydrogen) atoms. The minimum atomic E-state index is -0.456. The Kier molecular flexibility index (Phi) is 3.32. The Labute approximate surface area is 145 Å². The smallest absolute Gasteiger partial charge is 0.205 e. The Morgan fingerprint density at radius 1 is 1.25 bits per heavy atom. The number of nitrogens with two attached hydrogens (primary N) is 1. The lowest BCUT2D eigenvalue weighted by molar-refractivity contribution is 0.420. The Hall–Kier alpha value is -2.78. The standard InChI is InChI=1S/C18H11BrFN3O/c19-13-6-9(20)4-5-10(13)16-11(7-21)18(22)24-15-3-1-2-14-17(15)12(16)8-23-14/h1-6,8,16,23H,22H2. The third-order valence-electron chi connectivity index (χ3n) is 4.18. The van der Waals surface area contributed by atoms with Crippen molar-refractivity contribution < 1.29 is 9.13 Å². The summed E-state index contributed by atoms with van der Waals surface area (Å²) in [5.74, 6) is -0.162. The summed E-state index contributed by atoms with van der Waals surface area (Å²) in [4.78, 5) is 3.20.